The Morgan fingerprint density at radius 3 is 1.61 bits per heavy atom. The summed E-state index contributed by atoms with van der Waals surface area (Å²) >= 11 is 0. The van der Waals surface area contributed by atoms with Crippen LogP contribution in [0, 0.1) is 0 Å². The van der Waals surface area contributed by atoms with Gasteiger partial charge in [-0.1, -0.05) is 182 Å². The molecule has 51 heavy (non-hydrogen) atoms. The summed E-state index contributed by atoms with van der Waals surface area (Å²) in [5.74, 6) is 0. The van der Waals surface area contributed by atoms with Crippen molar-refractivity contribution in [1.29, 1.82) is 0 Å². The van der Waals surface area contributed by atoms with E-state index in [1.165, 1.54) is 66.1 Å². The van der Waals surface area contributed by atoms with Crippen molar-refractivity contribution in [3.05, 3.63) is 212 Å². The Balaban J connectivity index is 1.32. The minimum Gasteiger partial charge on any atom is -0.309 e. The monoisotopic (exact) mass is 649 g/mol. The molecule has 0 aliphatic heterocycles. The van der Waals surface area contributed by atoms with Crippen LogP contribution in [0.2, 0.25) is 0 Å². The van der Waals surface area contributed by atoms with E-state index in [-0.39, 0.29) is 0 Å². The average molecular weight is 650 g/mol. The first kappa shape index (κ1) is 30.4. The predicted octanol–water partition coefficient (Wildman–Crippen LogP) is 14.1. The average Bonchev–Trinajstić information content (AvgIpc) is 3.21. The number of hydrogen-bond donors (Lipinski definition) is 0. The molecule has 0 heterocycles. The Morgan fingerprint density at radius 2 is 0.804 bits per heavy atom. The normalized spacial score (nSPS) is 11.1. The highest BCUT2D eigenvalue weighted by atomic mass is 15.1. The van der Waals surface area contributed by atoms with Crippen LogP contribution in [-0.4, -0.2) is 0 Å². The first-order chi connectivity index (χ1) is 25.3. The van der Waals surface area contributed by atoms with Crippen LogP contribution >= 0.6 is 0 Å². The van der Waals surface area contributed by atoms with Crippen molar-refractivity contribution < 1.29 is 0 Å². The summed E-state index contributed by atoms with van der Waals surface area (Å²) < 4.78 is 0. The smallest absolute Gasteiger partial charge is 0.0546 e. The van der Waals surface area contributed by atoms with Crippen LogP contribution in [-0.2, 0) is 0 Å². The molecule has 0 unspecified atom stereocenters. The second-order valence-corrected chi connectivity index (χ2v) is 13.0. The first-order valence-electron chi connectivity index (χ1n) is 17.5. The second kappa shape index (κ2) is 13.3. The lowest BCUT2D eigenvalue weighted by Gasteiger charge is -2.31. The lowest BCUT2D eigenvalue weighted by molar-refractivity contribution is 1.28. The highest BCUT2D eigenvalue weighted by Gasteiger charge is 2.22. The van der Waals surface area contributed by atoms with Crippen molar-refractivity contribution in [2.45, 2.75) is 0 Å². The fraction of sp³-hybridized carbons (Fsp3) is 0. The fourth-order valence-corrected chi connectivity index (χ4v) is 7.35. The number of para-hydroxylation sites is 1. The van der Waals surface area contributed by atoms with Gasteiger partial charge in [-0.3, -0.25) is 0 Å². The zero-order valence-corrected chi connectivity index (χ0v) is 28.2. The summed E-state index contributed by atoms with van der Waals surface area (Å²) in [5, 5.41) is 4.96. The van der Waals surface area contributed by atoms with Crippen LogP contribution in [0.4, 0.5) is 17.1 Å². The molecule has 0 amide bonds. The fourth-order valence-electron chi connectivity index (χ4n) is 7.35. The quantitative estimate of drug-likeness (QED) is 0.166. The molecule has 0 atom stereocenters. The third-order valence-corrected chi connectivity index (χ3v) is 9.84. The molecule has 0 aliphatic carbocycles. The third kappa shape index (κ3) is 5.86. The van der Waals surface area contributed by atoms with Crippen LogP contribution in [0.25, 0.3) is 66.1 Å². The van der Waals surface area contributed by atoms with Gasteiger partial charge in [0, 0.05) is 16.8 Å². The van der Waals surface area contributed by atoms with Crippen molar-refractivity contribution in [3.8, 4) is 44.5 Å². The SMILES string of the molecule is c1ccc(-c2ccccc2N(c2cccc(-c3ccc4ccccc4c3)c2)c2cc(-c3cccc4ccccc34)ccc2-c2ccccc2)cc1. The highest BCUT2D eigenvalue weighted by molar-refractivity contribution is 6.00. The van der Waals surface area contributed by atoms with E-state index >= 15 is 0 Å². The van der Waals surface area contributed by atoms with E-state index in [0.717, 1.165) is 17.1 Å². The lowest BCUT2D eigenvalue weighted by Crippen LogP contribution is -2.13. The van der Waals surface area contributed by atoms with Gasteiger partial charge in [0.25, 0.3) is 0 Å². The van der Waals surface area contributed by atoms with E-state index < -0.39 is 0 Å². The molecule has 0 saturated heterocycles. The highest BCUT2D eigenvalue weighted by Crippen LogP contribution is 2.47. The molecule has 0 radical (unpaired) electrons. The van der Waals surface area contributed by atoms with Gasteiger partial charge < -0.3 is 4.90 Å². The Hall–Kier alpha value is -6.70. The van der Waals surface area contributed by atoms with Gasteiger partial charge in [-0.05, 0) is 85.3 Å². The minimum absolute atomic E-state index is 1.09. The molecule has 9 rings (SSSR count). The summed E-state index contributed by atoms with van der Waals surface area (Å²) in [6.07, 6.45) is 0. The summed E-state index contributed by atoms with van der Waals surface area (Å²) in [6, 6.07) is 76.8. The maximum Gasteiger partial charge on any atom is 0.0546 e. The maximum absolute atomic E-state index is 2.46. The largest absolute Gasteiger partial charge is 0.309 e. The topological polar surface area (TPSA) is 3.24 Å². The Morgan fingerprint density at radius 1 is 0.255 bits per heavy atom. The Bertz CT molecular complexity index is 2630. The number of nitrogens with zero attached hydrogens (tertiary/aromatic N) is 1. The Kier molecular flexibility index (Phi) is 7.92. The van der Waals surface area contributed by atoms with Crippen molar-refractivity contribution in [3.63, 3.8) is 0 Å². The van der Waals surface area contributed by atoms with Crippen molar-refractivity contribution >= 4 is 38.6 Å². The first-order valence-corrected chi connectivity index (χ1v) is 17.5. The van der Waals surface area contributed by atoms with Gasteiger partial charge in [-0.15, -0.1) is 0 Å². The van der Waals surface area contributed by atoms with Gasteiger partial charge in [0.05, 0.1) is 11.4 Å². The number of anilines is 3. The van der Waals surface area contributed by atoms with E-state index in [0.29, 0.717) is 0 Å². The van der Waals surface area contributed by atoms with Gasteiger partial charge in [0.15, 0.2) is 0 Å². The maximum atomic E-state index is 2.46. The van der Waals surface area contributed by atoms with Gasteiger partial charge in [-0.25, -0.2) is 0 Å². The third-order valence-electron chi connectivity index (χ3n) is 9.84. The number of hydrogen-bond acceptors (Lipinski definition) is 1. The second-order valence-electron chi connectivity index (χ2n) is 13.0. The number of fused-ring (bicyclic) bond motifs is 2. The summed E-state index contributed by atoms with van der Waals surface area (Å²) in [5.41, 5.74) is 12.8. The Labute approximate surface area is 299 Å². The minimum atomic E-state index is 1.09. The summed E-state index contributed by atoms with van der Waals surface area (Å²) in [6.45, 7) is 0. The van der Waals surface area contributed by atoms with Crippen LogP contribution in [0.1, 0.15) is 0 Å². The molecule has 0 bridgehead atoms. The number of rotatable bonds is 7. The molecule has 0 aromatic heterocycles. The van der Waals surface area contributed by atoms with Gasteiger partial charge >= 0.3 is 0 Å². The molecule has 0 N–H and O–H groups in total. The van der Waals surface area contributed by atoms with E-state index in [4.69, 9.17) is 0 Å². The zero-order chi connectivity index (χ0) is 34.0. The van der Waals surface area contributed by atoms with Crippen LogP contribution in [0.3, 0.4) is 0 Å². The van der Waals surface area contributed by atoms with E-state index in [1.807, 2.05) is 0 Å². The van der Waals surface area contributed by atoms with Crippen molar-refractivity contribution in [2.24, 2.45) is 0 Å². The lowest BCUT2D eigenvalue weighted by atomic mass is 9.93. The molecular formula is C50H35N. The van der Waals surface area contributed by atoms with Gasteiger partial charge in [0.2, 0.25) is 0 Å². The molecular weight excluding hydrogens is 615 g/mol. The molecule has 1 nitrogen and oxygen atoms in total. The van der Waals surface area contributed by atoms with Crippen molar-refractivity contribution in [2.75, 3.05) is 4.90 Å². The van der Waals surface area contributed by atoms with E-state index in [9.17, 15) is 0 Å². The molecule has 9 aromatic carbocycles. The molecule has 0 spiro atoms. The zero-order valence-electron chi connectivity index (χ0n) is 28.2. The van der Waals surface area contributed by atoms with Gasteiger partial charge in [0.1, 0.15) is 0 Å². The molecule has 1 heteroatoms. The van der Waals surface area contributed by atoms with Crippen LogP contribution in [0.5, 0.6) is 0 Å². The summed E-state index contributed by atoms with van der Waals surface area (Å²) in [7, 11) is 0. The molecule has 0 fully saturated rings. The van der Waals surface area contributed by atoms with E-state index in [1.54, 1.807) is 0 Å². The van der Waals surface area contributed by atoms with Crippen LogP contribution in [0.15, 0.2) is 212 Å². The molecule has 9 aromatic rings. The predicted molar refractivity (Wildman–Crippen MR) is 218 cm³/mol. The summed E-state index contributed by atoms with van der Waals surface area (Å²) in [4.78, 5) is 2.46. The van der Waals surface area contributed by atoms with E-state index in [2.05, 4.69) is 217 Å². The number of benzene rings is 9. The molecule has 0 saturated carbocycles. The van der Waals surface area contributed by atoms with Crippen LogP contribution < -0.4 is 4.90 Å². The standard InChI is InChI=1S/C50H35N/c1-3-16-38(17-4-1)47-26-11-12-28-49(47)51(44-24-13-23-41(34-44)42-30-29-36-15-7-8-21-40(36)33-42)50-35-43(31-32-48(50)39-18-5-2-6-19-39)46-27-14-22-37-20-9-10-25-45(37)46/h1-35H. The molecule has 0 aliphatic rings. The molecule has 240 valence electrons. The van der Waals surface area contributed by atoms with Crippen molar-refractivity contribution in [1.82, 2.24) is 0 Å². The van der Waals surface area contributed by atoms with Gasteiger partial charge in [-0.2, -0.15) is 0 Å².